The molecule has 0 bridgehead atoms. The second-order valence-corrected chi connectivity index (χ2v) is 10.4. The first-order valence-corrected chi connectivity index (χ1v) is 11.5. The van der Waals surface area contributed by atoms with Gasteiger partial charge in [-0.3, -0.25) is 0 Å². The van der Waals surface area contributed by atoms with Gasteiger partial charge in [0, 0.05) is 10.7 Å². The summed E-state index contributed by atoms with van der Waals surface area (Å²) in [6, 6.07) is 7.03. The molecule has 3 heteroatoms. The summed E-state index contributed by atoms with van der Waals surface area (Å²) < 4.78 is 0. The van der Waals surface area contributed by atoms with Crippen LogP contribution in [0, 0.1) is 29.6 Å². The van der Waals surface area contributed by atoms with Crippen molar-refractivity contribution in [3.8, 4) is 0 Å². The number of benzene rings is 1. The van der Waals surface area contributed by atoms with Crippen LogP contribution in [-0.4, -0.2) is 28.3 Å². The minimum atomic E-state index is -0.371. The molecular formula is C23H33BrO2. The van der Waals surface area contributed by atoms with Crippen molar-refractivity contribution in [2.45, 2.75) is 70.8 Å². The van der Waals surface area contributed by atoms with Gasteiger partial charge in [0.25, 0.3) is 0 Å². The molecule has 26 heavy (non-hydrogen) atoms. The Labute approximate surface area is 166 Å². The fourth-order valence-electron chi connectivity index (χ4n) is 6.92. The lowest BCUT2D eigenvalue weighted by molar-refractivity contribution is -0.0709. The van der Waals surface area contributed by atoms with Gasteiger partial charge >= 0.3 is 0 Å². The Morgan fingerprint density at radius 3 is 2.81 bits per heavy atom. The van der Waals surface area contributed by atoms with Crippen molar-refractivity contribution < 1.29 is 10.2 Å². The van der Waals surface area contributed by atoms with Crippen LogP contribution in [0.2, 0.25) is 0 Å². The number of aliphatic hydroxyl groups is 2. The van der Waals surface area contributed by atoms with E-state index in [9.17, 15) is 10.2 Å². The molecule has 0 amide bonds. The SMILES string of the molecule is Cc1ccc2c(c1)CCC1C2CC[C@@]2(C)C1C[C@@](CO)(CCCBr)[C@@H]2O. The zero-order valence-electron chi connectivity index (χ0n) is 16.2. The molecule has 1 aromatic carbocycles. The molecule has 0 spiro atoms. The summed E-state index contributed by atoms with van der Waals surface area (Å²) >= 11 is 3.54. The van der Waals surface area contributed by atoms with E-state index in [0.29, 0.717) is 17.8 Å². The molecule has 2 N–H and O–H groups in total. The highest BCUT2D eigenvalue weighted by molar-refractivity contribution is 9.09. The van der Waals surface area contributed by atoms with Crippen molar-refractivity contribution in [1.82, 2.24) is 0 Å². The van der Waals surface area contributed by atoms with Crippen molar-refractivity contribution in [2.75, 3.05) is 11.9 Å². The highest BCUT2D eigenvalue weighted by Crippen LogP contribution is 2.66. The Hall–Kier alpha value is -0.380. The lowest BCUT2D eigenvalue weighted by Gasteiger charge is -2.50. The van der Waals surface area contributed by atoms with Gasteiger partial charge in [-0.25, -0.2) is 0 Å². The molecule has 6 atom stereocenters. The largest absolute Gasteiger partial charge is 0.396 e. The predicted octanol–water partition coefficient (Wildman–Crippen LogP) is 4.98. The number of halogens is 1. The molecule has 0 aromatic heterocycles. The van der Waals surface area contributed by atoms with Crippen LogP contribution in [0.1, 0.15) is 68.1 Å². The Morgan fingerprint density at radius 2 is 2.08 bits per heavy atom. The zero-order chi connectivity index (χ0) is 18.5. The highest BCUT2D eigenvalue weighted by Gasteiger charge is 2.63. The fraction of sp³-hybridized carbons (Fsp3) is 0.739. The average Bonchev–Trinajstić information content (AvgIpc) is 2.88. The van der Waals surface area contributed by atoms with Gasteiger partial charge in [-0.2, -0.15) is 0 Å². The van der Waals surface area contributed by atoms with Crippen LogP contribution in [0.15, 0.2) is 18.2 Å². The monoisotopic (exact) mass is 420 g/mol. The summed E-state index contributed by atoms with van der Waals surface area (Å²) in [6.45, 7) is 4.63. The first-order valence-electron chi connectivity index (χ1n) is 10.4. The number of fused-ring (bicyclic) bond motifs is 5. The maximum Gasteiger partial charge on any atom is 0.0674 e. The van der Waals surface area contributed by atoms with Crippen molar-refractivity contribution in [1.29, 1.82) is 0 Å². The number of aryl methyl sites for hydroxylation is 2. The van der Waals surface area contributed by atoms with Gasteiger partial charge in [-0.1, -0.05) is 46.6 Å². The van der Waals surface area contributed by atoms with Crippen LogP contribution >= 0.6 is 15.9 Å². The topological polar surface area (TPSA) is 40.5 Å². The number of rotatable bonds is 4. The third kappa shape index (κ3) is 2.72. The summed E-state index contributed by atoms with van der Waals surface area (Å²) in [5.41, 5.74) is 4.17. The lowest BCUT2D eigenvalue weighted by atomic mass is 9.55. The van der Waals surface area contributed by atoms with Crippen molar-refractivity contribution in [2.24, 2.45) is 22.7 Å². The lowest BCUT2D eigenvalue weighted by Crippen LogP contribution is -2.46. The van der Waals surface area contributed by atoms with Crippen LogP contribution < -0.4 is 0 Å². The maximum atomic E-state index is 11.4. The van der Waals surface area contributed by atoms with E-state index in [1.807, 2.05) is 0 Å². The molecule has 0 radical (unpaired) electrons. The molecule has 3 aliphatic carbocycles. The van der Waals surface area contributed by atoms with E-state index in [2.05, 4.69) is 48.0 Å². The quantitative estimate of drug-likeness (QED) is 0.674. The summed E-state index contributed by atoms with van der Waals surface area (Å²) in [5.74, 6) is 1.85. The number of hydrogen-bond donors (Lipinski definition) is 2. The third-order valence-corrected chi connectivity index (χ3v) is 8.83. The van der Waals surface area contributed by atoms with Crippen LogP contribution in [0.5, 0.6) is 0 Å². The molecule has 0 aliphatic heterocycles. The minimum absolute atomic E-state index is 0.0294. The summed E-state index contributed by atoms with van der Waals surface area (Å²) in [4.78, 5) is 0. The number of aliphatic hydroxyl groups excluding tert-OH is 2. The van der Waals surface area contributed by atoms with Gasteiger partial charge in [0.15, 0.2) is 0 Å². The Bertz CT molecular complexity index is 674. The zero-order valence-corrected chi connectivity index (χ0v) is 17.8. The Morgan fingerprint density at radius 1 is 1.27 bits per heavy atom. The molecule has 3 unspecified atom stereocenters. The van der Waals surface area contributed by atoms with Crippen LogP contribution in [0.3, 0.4) is 0 Å². The maximum absolute atomic E-state index is 11.4. The van der Waals surface area contributed by atoms with Crippen LogP contribution in [0.25, 0.3) is 0 Å². The van der Waals surface area contributed by atoms with E-state index < -0.39 is 0 Å². The van der Waals surface area contributed by atoms with Crippen LogP contribution in [-0.2, 0) is 6.42 Å². The average molecular weight is 421 g/mol. The van der Waals surface area contributed by atoms with Crippen LogP contribution in [0.4, 0.5) is 0 Å². The second kappa shape index (κ2) is 6.90. The molecular weight excluding hydrogens is 388 g/mol. The standard InChI is InChI=1S/C23H33BrO2/c1-15-4-6-17-16(12-15)5-7-19-18(17)8-10-22(2)20(19)13-23(14-25,21(22)26)9-3-11-24/h4,6,12,18-21,25-26H,3,5,7-11,13-14H2,1-2H3/t18?,19?,20?,21-,22+,23-/m1/s1. The van der Waals surface area contributed by atoms with E-state index in [1.165, 1.54) is 24.8 Å². The first kappa shape index (κ1) is 19.0. The molecule has 0 heterocycles. The Kier molecular flexibility index (Phi) is 5.03. The smallest absolute Gasteiger partial charge is 0.0674 e. The molecule has 2 nitrogen and oxygen atoms in total. The van der Waals surface area contributed by atoms with Gasteiger partial charge in [-0.15, -0.1) is 0 Å². The molecule has 0 saturated heterocycles. The van der Waals surface area contributed by atoms with Crippen molar-refractivity contribution >= 4 is 15.9 Å². The minimum Gasteiger partial charge on any atom is -0.396 e. The first-order chi connectivity index (χ1) is 12.4. The van der Waals surface area contributed by atoms with Gasteiger partial charge in [0.05, 0.1) is 12.7 Å². The van der Waals surface area contributed by atoms with Gasteiger partial charge in [-0.05, 0) is 86.2 Å². The van der Waals surface area contributed by atoms with E-state index in [1.54, 1.807) is 11.1 Å². The van der Waals surface area contributed by atoms with Gasteiger partial charge < -0.3 is 10.2 Å². The van der Waals surface area contributed by atoms with Crippen molar-refractivity contribution in [3.63, 3.8) is 0 Å². The normalized spacial score (nSPS) is 41.4. The number of hydrogen-bond acceptors (Lipinski definition) is 2. The van der Waals surface area contributed by atoms with E-state index in [0.717, 1.165) is 31.0 Å². The van der Waals surface area contributed by atoms with E-state index in [4.69, 9.17) is 0 Å². The number of alkyl halides is 1. The summed E-state index contributed by atoms with van der Waals surface area (Å²) in [5, 5.41) is 22.6. The molecule has 2 fully saturated rings. The third-order valence-electron chi connectivity index (χ3n) is 8.27. The molecule has 4 rings (SSSR count). The molecule has 144 valence electrons. The van der Waals surface area contributed by atoms with Crippen molar-refractivity contribution in [3.05, 3.63) is 34.9 Å². The fourth-order valence-corrected chi connectivity index (χ4v) is 7.20. The molecule has 1 aromatic rings. The van der Waals surface area contributed by atoms with E-state index in [-0.39, 0.29) is 23.5 Å². The summed E-state index contributed by atoms with van der Waals surface area (Å²) in [7, 11) is 0. The second-order valence-electron chi connectivity index (χ2n) is 9.58. The highest BCUT2D eigenvalue weighted by atomic mass is 79.9. The van der Waals surface area contributed by atoms with E-state index >= 15 is 0 Å². The molecule has 3 aliphatic rings. The summed E-state index contributed by atoms with van der Waals surface area (Å²) in [6.07, 6.45) is 7.27. The molecule has 2 saturated carbocycles. The Balaban J connectivity index is 1.67. The predicted molar refractivity (Wildman–Crippen MR) is 110 cm³/mol. The van der Waals surface area contributed by atoms with Gasteiger partial charge in [0.1, 0.15) is 0 Å². The van der Waals surface area contributed by atoms with Gasteiger partial charge in [0.2, 0.25) is 0 Å².